The van der Waals surface area contributed by atoms with E-state index in [-0.39, 0.29) is 6.10 Å². The number of nitriles is 1. The quantitative estimate of drug-likeness (QED) is 0.506. The molecule has 0 amide bonds. The molecule has 0 radical (unpaired) electrons. The zero-order valence-corrected chi connectivity index (χ0v) is 21.3. The van der Waals surface area contributed by atoms with Gasteiger partial charge in [-0.25, -0.2) is 15.0 Å². The lowest BCUT2D eigenvalue weighted by Gasteiger charge is -2.42. The lowest BCUT2D eigenvalue weighted by molar-refractivity contribution is -0.0661. The molecule has 0 bridgehead atoms. The summed E-state index contributed by atoms with van der Waals surface area (Å²) in [5, 5.41) is 13.0. The molecule has 0 saturated carbocycles. The number of ether oxygens (including phenoxy) is 3. The molecule has 5 heterocycles. The Kier molecular flexibility index (Phi) is 7.31. The number of nitrogens with zero attached hydrogens (tertiary/aromatic N) is 6. The van der Waals surface area contributed by atoms with E-state index in [2.05, 4.69) is 36.1 Å². The van der Waals surface area contributed by atoms with Gasteiger partial charge in [-0.1, -0.05) is 0 Å². The molecule has 10 heteroatoms. The third kappa shape index (κ3) is 5.55. The fourth-order valence-corrected chi connectivity index (χ4v) is 4.95. The number of aromatic nitrogens is 3. The molecule has 3 saturated heterocycles. The monoisotopic (exact) mass is 513 g/mol. The Morgan fingerprint density at radius 3 is 2.53 bits per heavy atom. The molecule has 1 aromatic carbocycles. The Morgan fingerprint density at radius 1 is 0.974 bits per heavy atom. The summed E-state index contributed by atoms with van der Waals surface area (Å²) in [6, 6.07) is 14.2. The third-order valence-corrected chi connectivity index (χ3v) is 7.27. The van der Waals surface area contributed by atoms with E-state index in [1.54, 1.807) is 12.3 Å². The molecule has 3 aromatic rings. The van der Waals surface area contributed by atoms with Crippen molar-refractivity contribution in [1.82, 2.24) is 19.9 Å². The van der Waals surface area contributed by atoms with Crippen LogP contribution in [0.15, 0.2) is 48.8 Å². The molecule has 3 aliphatic rings. The number of nitrogens with one attached hydrogen (secondary N) is 1. The molecule has 3 fully saturated rings. The van der Waals surface area contributed by atoms with Gasteiger partial charge in [0.1, 0.15) is 29.6 Å². The van der Waals surface area contributed by atoms with Gasteiger partial charge in [-0.2, -0.15) is 5.26 Å². The smallest absolute Gasteiger partial charge is 0.161 e. The number of benzene rings is 1. The Balaban J connectivity index is 1.10. The van der Waals surface area contributed by atoms with Crippen LogP contribution in [0.3, 0.4) is 0 Å². The van der Waals surface area contributed by atoms with Crippen molar-refractivity contribution in [3.8, 4) is 23.2 Å². The van der Waals surface area contributed by atoms with Crippen LogP contribution in [0.5, 0.6) is 5.75 Å². The van der Waals surface area contributed by atoms with Crippen LogP contribution < -0.4 is 15.0 Å². The van der Waals surface area contributed by atoms with Crippen LogP contribution >= 0.6 is 0 Å². The van der Waals surface area contributed by atoms with Gasteiger partial charge in [0.2, 0.25) is 0 Å². The average Bonchev–Trinajstić information content (AvgIpc) is 2.94. The summed E-state index contributed by atoms with van der Waals surface area (Å²) in [7, 11) is 0. The second-order valence-electron chi connectivity index (χ2n) is 9.76. The molecule has 1 N–H and O–H groups in total. The first-order valence-corrected chi connectivity index (χ1v) is 13.2. The van der Waals surface area contributed by atoms with Gasteiger partial charge in [-0.15, -0.1) is 0 Å². The SMILES string of the molecule is N#Cc1cc(-c2nccc(Nc3ccc(N4CCN(C5COC5)CC4)nc3)n2)ccc1OC1CCOCC1. The molecule has 0 spiro atoms. The molecular formula is C28H31N7O3. The Bertz CT molecular complexity index is 1280. The molecule has 0 atom stereocenters. The van der Waals surface area contributed by atoms with Gasteiger partial charge in [0.15, 0.2) is 5.82 Å². The van der Waals surface area contributed by atoms with E-state index >= 15 is 0 Å². The van der Waals surface area contributed by atoms with E-state index in [1.165, 1.54) is 0 Å². The third-order valence-electron chi connectivity index (χ3n) is 7.27. The Morgan fingerprint density at radius 2 is 1.82 bits per heavy atom. The Hall–Kier alpha value is -3.78. The minimum atomic E-state index is 0.0671. The highest BCUT2D eigenvalue weighted by atomic mass is 16.5. The fraction of sp³-hybridized carbons (Fsp3) is 0.429. The summed E-state index contributed by atoms with van der Waals surface area (Å²) in [5.74, 6) is 2.75. The van der Waals surface area contributed by atoms with E-state index < -0.39 is 0 Å². The highest BCUT2D eigenvalue weighted by molar-refractivity contribution is 5.64. The van der Waals surface area contributed by atoms with E-state index in [0.29, 0.717) is 42.2 Å². The number of anilines is 3. The van der Waals surface area contributed by atoms with Crippen molar-refractivity contribution >= 4 is 17.3 Å². The van der Waals surface area contributed by atoms with Gasteiger partial charge in [0.05, 0.1) is 49.9 Å². The molecule has 6 rings (SSSR count). The van der Waals surface area contributed by atoms with Gasteiger partial charge in [0, 0.05) is 50.8 Å². The van der Waals surface area contributed by atoms with Gasteiger partial charge < -0.3 is 24.4 Å². The molecular weight excluding hydrogens is 482 g/mol. The summed E-state index contributed by atoms with van der Waals surface area (Å²) in [6.45, 7) is 7.10. The highest BCUT2D eigenvalue weighted by Gasteiger charge is 2.29. The van der Waals surface area contributed by atoms with Crippen molar-refractivity contribution in [2.75, 3.05) is 62.8 Å². The summed E-state index contributed by atoms with van der Waals surface area (Å²) in [5.41, 5.74) is 2.07. The number of hydrogen-bond donors (Lipinski definition) is 1. The fourth-order valence-electron chi connectivity index (χ4n) is 4.95. The molecule has 0 unspecified atom stereocenters. The molecule has 0 aliphatic carbocycles. The van der Waals surface area contributed by atoms with Crippen molar-refractivity contribution in [3.63, 3.8) is 0 Å². The van der Waals surface area contributed by atoms with Crippen LogP contribution in [0.4, 0.5) is 17.3 Å². The summed E-state index contributed by atoms with van der Waals surface area (Å²) in [6.07, 6.45) is 5.26. The van der Waals surface area contributed by atoms with Crippen LogP contribution in [0, 0.1) is 11.3 Å². The summed E-state index contributed by atoms with van der Waals surface area (Å²) < 4.78 is 16.8. The summed E-state index contributed by atoms with van der Waals surface area (Å²) in [4.78, 5) is 18.6. The number of rotatable bonds is 7. The highest BCUT2D eigenvalue weighted by Crippen LogP contribution is 2.28. The largest absolute Gasteiger partial charge is 0.489 e. The summed E-state index contributed by atoms with van der Waals surface area (Å²) >= 11 is 0. The second kappa shape index (κ2) is 11.3. The van der Waals surface area contributed by atoms with E-state index in [1.807, 2.05) is 36.5 Å². The van der Waals surface area contributed by atoms with Crippen LogP contribution in [0.1, 0.15) is 18.4 Å². The van der Waals surface area contributed by atoms with Gasteiger partial charge >= 0.3 is 0 Å². The van der Waals surface area contributed by atoms with E-state index in [9.17, 15) is 5.26 Å². The van der Waals surface area contributed by atoms with E-state index in [4.69, 9.17) is 14.2 Å². The maximum Gasteiger partial charge on any atom is 0.161 e. The molecule has 10 nitrogen and oxygen atoms in total. The topological polar surface area (TPSA) is 109 Å². The van der Waals surface area contributed by atoms with Gasteiger partial charge in [-0.3, -0.25) is 4.90 Å². The first-order valence-electron chi connectivity index (χ1n) is 13.2. The van der Waals surface area contributed by atoms with E-state index in [0.717, 1.165) is 69.3 Å². The van der Waals surface area contributed by atoms with Crippen LogP contribution in [-0.4, -0.2) is 84.6 Å². The Labute approximate surface area is 222 Å². The van der Waals surface area contributed by atoms with Crippen molar-refractivity contribution in [1.29, 1.82) is 5.26 Å². The molecule has 196 valence electrons. The number of piperazine rings is 1. The first-order chi connectivity index (χ1) is 18.7. The minimum Gasteiger partial charge on any atom is -0.489 e. The lowest BCUT2D eigenvalue weighted by Crippen LogP contribution is -2.56. The van der Waals surface area contributed by atoms with Crippen molar-refractivity contribution < 1.29 is 14.2 Å². The zero-order valence-electron chi connectivity index (χ0n) is 21.3. The predicted molar refractivity (Wildman–Crippen MR) is 143 cm³/mol. The molecule has 2 aromatic heterocycles. The molecule has 38 heavy (non-hydrogen) atoms. The van der Waals surface area contributed by atoms with Gasteiger partial charge in [0.25, 0.3) is 0 Å². The van der Waals surface area contributed by atoms with Crippen molar-refractivity contribution in [2.45, 2.75) is 25.0 Å². The number of hydrogen-bond acceptors (Lipinski definition) is 10. The normalized spacial score (nSPS) is 19.0. The maximum atomic E-state index is 9.71. The predicted octanol–water partition coefficient (Wildman–Crippen LogP) is 3.23. The standard InChI is InChI=1S/C28H31N7O3/c29-16-21-15-20(1-3-25(21)38-24-6-13-36-14-7-24)28-30-8-5-26(33-28)32-22-2-4-27(31-17-22)35-11-9-34(10-12-35)23-18-37-19-23/h1-5,8,15,17,23-24H,6-7,9-14,18-19H2,(H,30,32,33). The lowest BCUT2D eigenvalue weighted by atomic mass is 10.1. The average molecular weight is 514 g/mol. The molecule has 3 aliphatic heterocycles. The van der Waals surface area contributed by atoms with Crippen LogP contribution in [0.2, 0.25) is 0 Å². The van der Waals surface area contributed by atoms with Crippen LogP contribution in [-0.2, 0) is 9.47 Å². The van der Waals surface area contributed by atoms with Crippen molar-refractivity contribution in [3.05, 3.63) is 54.4 Å². The number of pyridine rings is 1. The maximum absolute atomic E-state index is 9.71. The van der Waals surface area contributed by atoms with Crippen LogP contribution in [0.25, 0.3) is 11.4 Å². The second-order valence-corrected chi connectivity index (χ2v) is 9.76. The first kappa shape index (κ1) is 24.6. The zero-order chi connectivity index (χ0) is 25.7. The van der Waals surface area contributed by atoms with Gasteiger partial charge in [-0.05, 0) is 36.4 Å². The van der Waals surface area contributed by atoms with Crippen molar-refractivity contribution in [2.24, 2.45) is 0 Å². The minimum absolute atomic E-state index is 0.0671.